The first kappa shape index (κ1) is 15.2. The van der Waals surface area contributed by atoms with Gasteiger partial charge in [0.05, 0.1) is 0 Å². The second kappa shape index (κ2) is 6.38. The predicted octanol–water partition coefficient (Wildman–Crippen LogP) is 1.18. The largest absolute Gasteiger partial charge is 0.444 e. The van der Waals surface area contributed by atoms with Crippen LogP contribution in [-0.2, 0) is 4.74 Å². The average Bonchev–Trinajstić information content (AvgIpc) is 2.63. The Morgan fingerprint density at radius 2 is 2.22 bits per heavy atom. The molecule has 0 aliphatic carbocycles. The third-order valence-electron chi connectivity index (χ3n) is 3.12. The molecular formula is C13H27N3O2. The molecule has 1 aliphatic rings. The molecule has 0 radical (unpaired) electrons. The van der Waals surface area contributed by atoms with Crippen molar-refractivity contribution in [2.45, 2.75) is 45.8 Å². The third-order valence-corrected chi connectivity index (χ3v) is 3.12. The van der Waals surface area contributed by atoms with E-state index >= 15 is 0 Å². The van der Waals surface area contributed by atoms with Crippen LogP contribution >= 0.6 is 0 Å². The van der Waals surface area contributed by atoms with Gasteiger partial charge < -0.3 is 15.8 Å². The van der Waals surface area contributed by atoms with Crippen LogP contribution in [0.25, 0.3) is 0 Å². The molecule has 0 aromatic carbocycles. The molecule has 0 aromatic heterocycles. The number of nitrogens with one attached hydrogen (secondary N) is 1. The molecule has 1 saturated heterocycles. The van der Waals surface area contributed by atoms with E-state index in [1.165, 1.54) is 6.42 Å². The smallest absolute Gasteiger partial charge is 0.407 e. The SMILES string of the molecule is CC1CCN(C(CN)CNC(=O)OC(C)(C)C)C1. The average molecular weight is 257 g/mol. The zero-order valence-electron chi connectivity index (χ0n) is 12.0. The van der Waals surface area contributed by atoms with Crippen LogP contribution in [0.3, 0.4) is 0 Å². The standard InChI is InChI=1S/C13H27N3O2/c1-10-5-6-16(9-10)11(7-14)8-15-12(17)18-13(2,3)4/h10-11H,5-9,14H2,1-4H3,(H,15,17). The van der Waals surface area contributed by atoms with Crippen LogP contribution in [0.4, 0.5) is 4.79 Å². The summed E-state index contributed by atoms with van der Waals surface area (Å²) in [6.07, 6.45) is 0.844. The van der Waals surface area contributed by atoms with Gasteiger partial charge in [0.2, 0.25) is 0 Å². The Bertz CT molecular complexity index is 276. The fourth-order valence-electron chi connectivity index (χ4n) is 2.18. The van der Waals surface area contributed by atoms with Gasteiger partial charge in [0.15, 0.2) is 0 Å². The molecule has 0 aromatic rings. The molecule has 1 heterocycles. The van der Waals surface area contributed by atoms with Crippen LogP contribution in [0.2, 0.25) is 0 Å². The molecule has 106 valence electrons. The van der Waals surface area contributed by atoms with Gasteiger partial charge >= 0.3 is 6.09 Å². The van der Waals surface area contributed by atoms with Gasteiger partial charge in [-0.05, 0) is 39.7 Å². The van der Waals surface area contributed by atoms with E-state index in [1.54, 1.807) is 0 Å². The number of hydrogen-bond acceptors (Lipinski definition) is 4. The highest BCUT2D eigenvalue weighted by Gasteiger charge is 2.25. The van der Waals surface area contributed by atoms with Gasteiger partial charge in [-0.2, -0.15) is 0 Å². The summed E-state index contributed by atoms with van der Waals surface area (Å²) in [5.74, 6) is 0.723. The number of likely N-dealkylation sites (tertiary alicyclic amines) is 1. The van der Waals surface area contributed by atoms with Crippen molar-refractivity contribution < 1.29 is 9.53 Å². The number of carbonyl (C=O) groups is 1. The highest BCUT2D eigenvalue weighted by atomic mass is 16.6. The molecule has 18 heavy (non-hydrogen) atoms. The minimum absolute atomic E-state index is 0.211. The van der Waals surface area contributed by atoms with Crippen molar-refractivity contribution in [2.24, 2.45) is 11.7 Å². The summed E-state index contributed by atoms with van der Waals surface area (Å²) in [5, 5.41) is 2.80. The van der Waals surface area contributed by atoms with Crippen molar-refractivity contribution in [3.8, 4) is 0 Å². The third kappa shape index (κ3) is 5.23. The maximum Gasteiger partial charge on any atom is 0.407 e. The Morgan fingerprint density at radius 1 is 1.56 bits per heavy atom. The van der Waals surface area contributed by atoms with Gasteiger partial charge in [0.25, 0.3) is 0 Å². The summed E-state index contributed by atoms with van der Waals surface area (Å²) in [6, 6.07) is 0.211. The van der Waals surface area contributed by atoms with E-state index in [1.807, 2.05) is 20.8 Å². The Labute approximate surface area is 110 Å². The molecule has 1 fully saturated rings. The van der Waals surface area contributed by atoms with Crippen molar-refractivity contribution in [3.05, 3.63) is 0 Å². The van der Waals surface area contributed by atoms with Crippen LogP contribution in [0, 0.1) is 5.92 Å². The van der Waals surface area contributed by atoms with Crippen molar-refractivity contribution in [1.29, 1.82) is 0 Å². The zero-order valence-corrected chi connectivity index (χ0v) is 12.0. The first-order valence-corrected chi connectivity index (χ1v) is 6.73. The molecule has 2 unspecified atom stereocenters. The summed E-state index contributed by atoms with van der Waals surface area (Å²) in [5.41, 5.74) is 5.32. The minimum Gasteiger partial charge on any atom is -0.444 e. The van der Waals surface area contributed by atoms with E-state index in [4.69, 9.17) is 10.5 Å². The summed E-state index contributed by atoms with van der Waals surface area (Å²) >= 11 is 0. The second-order valence-corrected chi connectivity index (χ2v) is 6.16. The highest BCUT2D eigenvalue weighted by molar-refractivity contribution is 5.67. The maximum atomic E-state index is 11.6. The second-order valence-electron chi connectivity index (χ2n) is 6.16. The van der Waals surface area contributed by atoms with E-state index in [0.29, 0.717) is 13.1 Å². The Balaban J connectivity index is 2.33. The first-order valence-electron chi connectivity index (χ1n) is 6.73. The Kier molecular flexibility index (Phi) is 5.41. The quantitative estimate of drug-likeness (QED) is 0.793. The van der Waals surface area contributed by atoms with Crippen LogP contribution in [0.1, 0.15) is 34.1 Å². The number of ether oxygens (including phenoxy) is 1. The number of rotatable bonds is 4. The van der Waals surface area contributed by atoms with E-state index in [-0.39, 0.29) is 12.1 Å². The lowest BCUT2D eigenvalue weighted by Crippen LogP contribution is -2.47. The van der Waals surface area contributed by atoms with E-state index in [2.05, 4.69) is 17.1 Å². The minimum atomic E-state index is -0.454. The lowest BCUT2D eigenvalue weighted by atomic mass is 10.2. The number of nitrogens with zero attached hydrogens (tertiary/aromatic N) is 1. The van der Waals surface area contributed by atoms with Crippen LogP contribution < -0.4 is 11.1 Å². The molecule has 2 atom stereocenters. The highest BCUT2D eigenvalue weighted by Crippen LogP contribution is 2.17. The summed E-state index contributed by atoms with van der Waals surface area (Å²) in [4.78, 5) is 13.9. The normalized spacial score (nSPS) is 22.8. The maximum absolute atomic E-state index is 11.6. The van der Waals surface area contributed by atoms with Gasteiger partial charge in [-0.15, -0.1) is 0 Å². The molecule has 5 heteroatoms. The summed E-state index contributed by atoms with van der Waals surface area (Å²) in [6.45, 7) is 11.1. The topological polar surface area (TPSA) is 67.6 Å². The summed E-state index contributed by atoms with van der Waals surface area (Å²) < 4.78 is 5.21. The zero-order chi connectivity index (χ0) is 13.8. The summed E-state index contributed by atoms with van der Waals surface area (Å²) in [7, 11) is 0. The Morgan fingerprint density at radius 3 is 2.67 bits per heavy atom. The lowest BCUT2D eigenvalue weighted by Gasteiger charge is -2.27. The molecule has 5 nitrogen and oxygen atoms in total. The Hall–Kier alpha value is -0.810. The molecule has 1 rings (SSSR count). The van der Waals surface area contributed by atoms with E-state index in [0.717, 1.165) is 19.0 Å². The van der Waals surface area contributed by atoms with Crippen molar-refractivity contribution >= 4 is 6.09 Å². The monoisotopic (exact) mass is 257 g/mol. The van der Waals surface area contributed by atoms with Crippen LogP contribution in [0.15, 0.2) is 0 Å². The van der Waals surface area contributed by atoms with Gasteiger partial charge in [-0.25, -0.2) is 4.79 Å². The van der Waals surface area contributed by atoms with Crippen LogP contribution in [0.5, 0.6) is 0 Å². The van der Waals surface area contributed by atoms with E-state index < -0.39 is 5.60 Å². The molecule has 0 bridgehead atoms. The van der Waals surface area contributed by atoms with Crippen molar-refractivity contribution in [1.82, 2.24) is 10.2 Å². The number of amides is 1. The van der Waals surface area contributed by atoms with E-state index in [9.17, 15) is 4.79 Å². The molecule has 0 spiro atoms. The first-order chi connectivity index (χ1) is 8.31. The fraction of sp³-hybridized carbons (Fsp3) is 0.923. The molecule has 0 saturated carbocycles. The van der Waals surface area contributed by atoms with Gasteiger partial charge in [0.1, 0.15) is 5.60 Å². The lowest BCUT2D eigenvalue weighted by molar-refractivity contribution is 0.0511. The molecular weight excluding hydrogens is 230 g/mol. The predicted molar refractivity (Wildman–Crippen MR) is 72.4 cm³/mol. The molecule has 1 amide bonds. The number of nitrogens with two attached hydrogens (primary N) is 1. The molecule has 1 aliphatic heterocycles. The number of hydrogen-bond donors (Lipinski definition) is 2. The number of alkyl carbamates (subject to hydrolysis) is 1. The van der Waals surface area contributed by atoms with Crippen molar-refractivity contribution in [3.63, 3.8) is 0 Å². The number of carbonyl (C=O) groups excluding carboxylic acids is 1. The van der Waals surface area contributed by atoms with Crippen LogP contribution in [-0.4, -0.2) is 48.8 Å². The van der Waals surface area contributed by atoms with Crippen molar-refractivity contribution in [2.75, 3.05) is 26.2 Å². The van der Waals surface area contributed by atoms with Gasteiger partial charge in [0, 0.05) is 25.7 Å². The van der Waals surface area contributed by atoms with Gasteiger partial charge in [-0.3, -0.25) is 4.90 Å². The fourth-order valence-corrected chi connectivity index (χ4v) is 2.18. The molecule has 3 N–H and O–H groups in total. The van der Waals surface area contributed by atoms with Gasteiger partial charge in [-0.1, -0.05) is 6.92 Å².